The van der Waals surface area contributed by atoms with E-state index in [0.717, 1.165) is 36.3 Å². The van der Waals surface area contributed by atoms with Crippen molar-refractivity contribution in [3.05, 3.63) is 51.7 Å². The van der Waals surface area contributed by atoms with Gasteiger partial charge in [0.25, 0.3) is 5.91 Å². The van der Waals surface area contributed by atoms with E-state index in [2.05, 4.69) is 5.32 Å². The van der Waals surface area contributed by atoms with Gasteiger partial charge in [0.2, 0.25) is 5.91 Å². The molecule has 2 heterocycles. The summed E-state index contributed by atoms with van der Waals surface area (Å²) in [6.45, 7) is 5.16. The number of carbonyl (C=O) groups is 2. The maximum Gasteiger partial charge on any atom is 0.255 e. The van der Waals surface area contributed by atoms with Crippen molar-refractivity contribution in [3.8, 4) is 0 Å². The molecule has 26 heavy (non-hydrogen) atoms. The highest BCUT2D eigenvalue weighted by Crippen LogP contribution is 2.19. The van der Waals surface area contributed by atoms with Gasteiger partial charge in [-0.2, -0.15) is 11.3 Å². The third-order valence-corrected chi connectivity index (χ3v) is 5.40. The summed E-state index contributed by atoms with van der Waals surface area (Å²) in [5.74, 6) is -0.321. The minimum absolute atomic E-state index is 0.00564. The average Bonchev–Trinajstić information content (AvgIpc) is 3.31. The molecule has 2 amide bonds. The number of carbonyl (C=O) groups excluding carboxylic acids is 2. The molecule has 1 aromatic heterocycles. The third-order valence-electron chi connectivity index (χ3n) is 4.72. The number of amides is 2. The van der Waals surface area contributed by atoms with Gasteiger partial charge >= 0.3 is 0 Å². The van der Waals surface area contributed by atoms with Gasteiger partial charge in [-0.3, -0.25) is 9.59 Å². The maximum atomic E-state index is 12.8. The van der Waals surface area contributed by atoms with Crippen LogP contribution >= 0.6 is 11.3 Å². The zero-order valence-electron chi connectivity index (χ0n) is 15.2. The van der Waals surface area contributed by atoms with E-state index in [9.17, 15) is 9.59 Å². The molecule has 0 unspecified atom stereocenters. The number of anilines is 1. The first-order chi connectivity index (χ1) is 12.5. The fraction of sp³-hybridized carbons (Fsp3) is 0.400. The molecule has 1 saturated heterocycles. The minimum atomic E-state index is -0.194. The quantitative estimate of drug-likeness (QED) is 0.842. The molecule has 0 aliphatic carbocycles. The fourth-order valence-corrected chi connectivity index (χ4v) is 3.70. The van der Waals surface area contributed by atoms with Crippen LogP contribution in [0.4, 0.5) is 5.69 Å². The molecular weight excluding hydrogens is 348 g/mol. The van der Waals surface area contributed by atoms with Gasteiger partial charge in [0.15, 0.2) is 0 Å². The number of hydrogen-bond donors (Lipinski definition) is 1. The number of rotatable bonds is 6. The van der Waals surface area contributed by atoms with Gasteiger partial charge in [0.1, 0.15) is 6.54 Å². The SMILES string of the molecule is Cc1cccc(NC(=O)CN(C[C@@H]2CCCO2)C(=O)c2ccsc2)c1C. The summed E-state index contributed by atoms with van der Waals surface area (Å²) >= 11 is 1.47. The van der Waals surface area contributed by atoms with E-state index in [-0.39, 0.29) is 24.5 Å². The van der Waals surface area contributed by atoms with Crippen LogP contribution < -0.4 is 5.32 Å². The summed E-state index contributed by atoms with van der Waals surface area (Å²) in [4.78, 5) is 27.0. The van der Waals surface area contributed by atoms with Crippen LogP contribution in [-0.4, -0.2) is 42.5 Å². The Hall–Kier alpha value is -2.18. The van der Waals surface area contributed by atoms with Gasteiger partial charge in [-0.05, 0) is 55.3 Å². The number of aryl methyl sites for hydroxylation is 1. The molecule has 0 spiro atoms. The molecule has 1 N–H and O–H groups in total. The minimum Gasteiger partial charge on any atom is -0.376 e. The Morgan fingerprint density at radius 1 is 1.31 bits per heavy atom. The number of nitrogens with one attached hydrogen (secondary N) is 1. The van der Waals surface area contributed by atoms with Crippen molar-refractivity contribution >= 4 is 28.8 Å². The standard InChI is InChI=1S/C20H24N2O3S/c1-14-5-3-7-18(15(14)2)21-19(23)12-22(11-17-6-4-9-25-17)20(24)16-8-10-26-13-16/h3,5,7-8,10,13,17H,4,6,9,11-12H2,1-2H3,(H,21,23)/t17-/m0/s1. The molecule has 1 aromatic carbocycles. The van der Waals surface area contributed by atoms with Gasteiger partial charge in [0.05, 0.1) is 11.7 Å². The van der Waals surface area contributed by atoms with E-state index in [4.69, 9.17) is 4.74 Å². The first-order valence-electron chi connectivity index (χ1n) is 8.83. The van der Waals surface area contributed by atoms with Crippen LogP contribution in [0.25, 0.3) is 0 Å². The summed E-state index contributed by atoms with van der Waals surface area (Å²) in [6, 6.07) is 7.59. The summed E-state index contributed by atoms with van der Waals surface area (Å²) in [6.07, 6.45) is 1.93. The second-order valence-electron chi connectivity index (χ2n) is 6.63. The molecule has 0 bridgehead atoms. The van der Waals surface area contributed by atoms with Crippen LogP contribution in [-0.2, 0) is 9.53 Å². The van der Waals surface area contributed by atoms with E-state index in [1.807, 2.05) is 42.8 Å². The van der Waals surface area contributed by atoms with Gasteiger partial charge < -0.3 is 15.0 Å². The van der Waals surface area contributed by atoms with Crippen molar-refractivity contribution in [2.75, 3.05) is 25.0 Å². The molecule has 0 radical (unpaired) electrons. The summed E-state index contributed by atoms with van der Waals surface area (Å²) in [5, 5.41) is 6.62. The Morgan fingerprint density at radius 2 is 2.15 bits per heavy atom. The summed E-state index contributed by atoms with van der Waals surface area (Å²) < 4.78 is 5.66. The first kappa shape index (κ1) is 18.6. The predicted octanol–water partition coefficient (Wildman–Crippen LogP) is 3.62. The molecule has 6 heteroatoms. The third kappa shape index (κ3) is 4.51. The van der Waals surface area contributed by atoms with Crippen LogP contribution in [0.15, 0.2) is 35.0 Å². The topological polar surface area (TPSA) is 58.6 Å². The van der Waals surface area contributed by atoms with Gasteiger partial charge in [-0.1, -0.05) is 12.1 Å². The molecule has 1 atom stereocenters. The molecule has 3 rings (SSSR count). The highest BCUT2D eigenvalue weighted by Gasteiger charge is 2.25. The molecule has 2 aromatic rings. The fourth-order valence-electron chi connectivity index (χ4n) is 3.07. The Bertz CT molecular complexity index is 767. The highest BCUT2D eigenvalue weighted by molar-refractivity contribution is 7.08. The number of nitrogens with zero attached hydrogens (tertiary/aromatic N) is 1. The Morgan fingerprint density at radius 3 is 2.85 bits per heavy atom. The van der Waals surface area contributed by atoms with Gasteiger partial charge in [0, 0.05) is 24.2 Å². The van der Waals surface area contributed by atoms with Gasteiger partial charge in [-0.25, -0.2) is 0 Å². The molecule has 1 aliphatic rings. The van der Waals surface area contributed by atoms with E-state index < -0.39 is 0 Å². The van der Waals surface area contributed by atoms with Crippen LogP contribution in [0.2, 0.25) is 0 Å². The van der Waals surface area contributed by atoms with E-state index in [0.29, 0.717) is 12.1 Å². The lowest BCUT2D eigenvalue weighted by molar-refractivity contribution is -0.117. The van der Waals surface area contributed by atoms with Crippen LogP contribution in [0, 0.1) is 13.8 Å². The number of thiophene rings is 1. The summed E-state index contributed by atoms with van der Waals surface area (Å²) in [7, 11) is 0. The second kappa shape index (κ2) is 8.47. The Kier molecular flexibility index (Phi) is 6.06. The van der Waals surface area contributed by atoms with Crippen LogP contribution in [0.1, 0.15) is 34.3 Å². The Balaban J connectivity index is 1.70. The largest absolute Gasteiger partial charge is 0.376 e. The lowest BCUT2D eigenvalue weighted by Gasteiger charge is -2.25. The molecule has 5 nitrogen and oxygen atoms in total. The summed E-state index contributed by atoms with van der Waals surface area (Å²) in [5.41, 5.74) is 3.56. The smallest absolute Gasteiger partial charge is 0.255 e. The van der Waals surface area contributed by atoms with Crippen molar-refractivity contribution in [2.45, 2.75) is 32.8 Å². The second-order valence-corrected chi connectivity index (χ2v) is 7.41. The van der Waals surface area contributed by atoms with E-state index in [1.54, 1.807) is 11.0 Å². The predicted molar refractivity (Wildman–Crippen MR) is 104 cm³/mol. The zero-order valence-corrected chi connectivity index (χ0v) is 16.0. The van der Waals surface area contributed by atoms with Crippen LogP contribution in [0.3, 0.4) is 0 Å². The lowest BCUT2D eigenvalue weighted by atomic mass is 10.1. The van der Waals surface area contributed by atoms with Crippen molar-refractivity contribution < 1.29 is 14.3 Å². The molecule has 1 fully saturated rings. The number of benzene rings is 1. The zero-order chi connectivity index (χ0) is 18.5. The highest BCUT2D eigenvalue weighted by atomic mass is 32.1. The maximum absolute atomic E-state index is 12.8. The Labute approximate surface area is 158 Å². The van der Waals surface area contributed by atoms with Crippen molar-refractivity contribution in [3.63, 3.8) is 0 Å². The van der Waals surface area contributed by atoms with E-state index >= 15 is 0 Å². The lowest BCUT2D eigenvalue weighted by Crippen LogP contribution is -2.42. The van der Waals surface area contributed by atoms with E-state index in [1.165, 1.54) is 11.3 Å². The molecule has 1 aliphatic heterocycles. The molecule has 138 valence electrons. The number of ether oxygens (including phenoxy) is 1. The van der Waals surface area contributed by atoms with Gasteiger partial charge in [-0.15, -0.1) is 0 Å². The number of hydrogen-bond acceptors (Lipinski definition) is 4. The molecular formula is C20H24N2O3S. The normalized spacial score (nSPS) is 16.5. The van der Waals surface area contributed by atoms with Crippen molar-refractivity contribution in [1.82, 2.24) is 4.90 Å². The average molecular weight is 372 g/mol. The van der Waals surface area contributed by atoms with Crippen LogP contribution in [0.5, 0.6) is 0 Å². The first-order valence-corrected chi connectivity index (χ1v) is 9.78. The monoisotopic (exact) mass is 372 g/mol. The van der Waals surface area contributed by atoms with Crippen molar-refractivity contribution in [2.24, 2.45) is 0 Å². The van der Waals surface area contributed by atoms with Crippen molar-refractivity contribution in [1.29, 1.82) is 0 Å². The molecule has 0 saturated carbocycles.